The number of likely N-dealkylation sites (tertiary alicyclic amines) is 2. The molecule has 2 aliphatic rings. The van der Waals surface area contributed by atoms with Crippen LogP contribution in [0.15, 0.2) is 0 Å². The topological polar surface area (TPSA) is 76.2 Å². The van der Waals surface area contributed by atoms with Gasteiger partial charge in [-0.3, -0.25) is 9.59 Å². The van der Waals surface area contributed by atoms with Crippen LogP contribution in [0, 0.1) is 5.41 Å². The SMILES string of the molecule is CC(=O)OCC(=O)N1CC2(C1)CN(C(=O)OC(C)(C)C)C2. The Morgan fingerprint density at radius 3 is 2.05 bits per heavy atom. The van der Waals surface area contributed by atoms with Crippen LogP contribution in [-0.2, 0) is 19.1 Å². The average Bonchev–Trinajstić information content (AvgIpc) is 2.19. The standard InChI is InChI=1S/C14H22N2O5/c1-10(17)20-5-11(18)15-6-14(7-15)8-16(9-14)12(19)21-13(2,3)4/h5-9H2,1-4H3. The van der Waals surface area contributed by atoms with Crippen molar-refractivity contribution in [2.24, 2.45) is 5.41 Å². The fourth-order valence-corrected chi connectivity index (χ4v) is 2.61. The maximum atomic E-state index is 11.8. The molecule has 0 N–H and O–H groups in total. The molecule has 2 fully saturated rings. The predicted molar refractivity (Wildman–Crippen MR) is 73.5 cm³/mol. The summed E-state index contributed by atoms with van der Waals surface area (Å²) >= 11 is 0. The third-order valence-electron chi connectivity index (χ3n) is 3.51. The van der Waals surface area contributed by atoms with Gasteiger partial charge in [0.25, 0.3) is 5.91 Å². The summed E-state index contributed by atoms with van der Waals surface area (Å²) in [5.74, 6) is -0.648. The van der Waals surface area contributed by atoms with E-state index in [-0.39, 0.29) is 24.0 Å². The van der Waals surface area contributed by atoms with Crippen molar-refractivity contribution >= 4 is 18.0 Å². The van der Waals surface area contributed by atoms with Gasteiger partial charge in [-0.1, -0.05) is 0 Å². The number of esters is 1. The molecule has 21 heavy (non-hydrogen) atoms. The van der Waals surface area contributed by atoms with E-state index in [9.17, 15) is 14.4 Å². The lowest BCUT2D eigenvalue weighted by Gasteiger charge is -2.59. The molecule has 0 radical (unpaired) electrons. The summed E-state index contributed by atoms with van der Waals surface area (Å²) in [5.41, 5.74) is -0.492. The smallest absolute Gasteiger partial charge is 0.410 e. The Balaban J connectivity index is 1.71. The van der Waals surface area contributed by atoms with E-state index in [1.807, 2.05) is 20.8 Å². The zero-order valence-corrected chi connectivity index (χ0v) is 13.0. The van der Waals surface area contributed by atoms with Gasteiger partial charge in [-0.15, -0.1) is 0 Å². The van der Waals surface area contributed by atoms with Crippen molar-refractivity contribution in [2.45, 2.75) is 33.3 Å². The molecule has 0 bridgehead atoms. The van der Waals surface area contributed by atoms with Gasteiger partial charge >= 0.3 is 12.1 Å². The van der Waals surface area contributed by atoms with E-state index in [2.05, 4.69) is 4.74 Å². The molecule has 2 amide bonds. The van der Waals surface area contributed by atoms with Crippen molar-refractivity contribution in [2.75, 3.05) is 32.8 Å². The van der Waals surface area contributed by atoms with E-state index in [0.717, 1.165) is 0 Å². The van der Waals surface area contributed by atoms with Crippen LogP contribution in [-0.4, -0.2) is 66.2 Å². The number of carbonyl (C=O) groups excluding carboxylic acids is 3. The number of nitrogens with zero attached hydrogens (tertiary/aromatic N) is 2. The summed E-state index contributed by atoms with van der Waals surface area (Å²) < 4.78 is 9.97. The highest BCUT2D eigenvalue weighted by Gasteiger charge is 2.55. The molecule has 0 aliphatic carbocycles. The summed E-state index contributed by atoms with van der Waals surface area (Å²) in [6.45, 7) is 8.99. The molecular weight excluding hydrogens is 276 g/mol. The highest BCUT2D eigenvalue weighted by molar-refractivity contribution is 5.81. The Morgan fingerprint density at radius 2 is 1.57 bits per heavy atom. The molecule has 1 spiro atoms. The number of rotatable bonds is 2. The molecule has 2 aliphatic heterocycles. The van der Waals surface area contributed by atoms with Gasteiger partial charge in [-0.25, -0.2) is 4.79 Å². The third-order valence-corrected chi connectivity index (χ3v) is 3.51. The summed E-state index contributed by atoms with van der Waals surface area (Å²) in [5, 5.41) is 0. The molecule has 7 nitrogen and oxygen atoms in total. The van der Waals surface area contributed by atoms with E-state index in [4.69, 9.17) is 4.74 Å². The third kappa shape index (κ3) is 3.65. The average molecular weight is 298 g/mol. The largest absolute Gasteiger partial charge is 0.456 e. The number of amides is 2. The molecule has 2 saturated heterocycles. The van der Waals surface area contributed by atoms with Crippen LogP contribution in [0.5, 0.6) is 0 Å². The van der Waals surface area contributed by atoms with Crippen molar-refractivity contribution in [1.29, 1.82) is 0 Å². The van der Waals surface area contributed by atoms with Gasteiger partial charge < -0.3 is 19.3 Å². The molecule has 0 aromatic rings. The van der Waals surface area contributed by atoms with Crippen LogP contribution in [0.4, 0.5) is 4.79 Å². The fraction of sp³-hybridized carbons (Fsp3) is 0.786. The first kappa shape index (κ1) is 15.6. The minimum Gasteiger partial charge on any atom is -0.456 e. The van der Waals surface area contributed by atoms with Gasteiger partial charge in [0.05, 0.1) is 0 Å². The second-order valence-corrected chi connectivity index (χ2v) is 6.87. The first-order chi connectivity index (χ1) is 9.60. The van der Waals surface area contributed by atoms with Crippen LogP contribution in [0.1, 0.15) is 27.7 Å². The molecule has 0 aromatic carbocycles. The monoisotopic (exact) mass is 298 g/mol. The van der Waals surface area contributed by atoms with Gasteiger partial charge in [0.15, 0.2) is 6.61 Å². The molecule has 0 atom stereocenters. The second kappa shape index (κ2) is 5.20. The fourth-order valence-electron chi connectivity index (χ4n) is 2.61. The van der Waals surface area contributed by atoms with Crippen molar-refractivity contribution in [3.8, 4) is 0 Å². The molecule has 2 heterocycles. The van der Waals surface area contributed by atoms with Gasteiger partial charge in [0.2, 0.25) is 0 Å². The molecular formula is C14H22N2O5. The Morgan fingerprint density at radius 1 is 1.05 bits per heavy atom. The van der Waals surface area contributed by atoms with Crippen molar-refractivity contribution in [3.63, 3.8) is 0 Å². The molecule has 7 heteroatoms. The summed E-state index contributed by atoms with van der Waals surface area (Å²) in [4.78, 5) is 37.5. The van der Waals surface area contributed by atoms with E-state index in [1.54, 1.807) is 9.80 Å². The highest BCUT2D eigenvalue weighted by atomic mass is 16.6. The minimum absolute atomic E-state index is 0.00277. The molecule has 0 unspecified atom stereocenters. The van der Waals surface area contributed by atoms with E-state index < -0.39 is 11.6 Å². The Bertz CT molecular complexity index is 454. The van der Waals surface area contributed by atoms with E-state index in [0.29, 0.717) is 26.2 Å². The summed E-state index contributed by atoms with van der Waals surface area (Å²) in [6.07, 6.45) is -0.308. The van der Waals surface area contributed by atoms with E-state index >= 15 is 0 Å². The normalized spacial score (nSPS) is 19.6. The number of ether oxygens (including phenoxy) is 2. The van der Waals surface area contributed by atoms with Crippen molar-refractivity contribution in [1.82, 2.24) is 9.80 Å². The lowest BCUT2D eigenvalue weighted by molar-refractivity contribution is -0.165. The lowest BCUT2D eigenvalue weighted by Crippen LogP contribution is -2.74. The second-order valence-electron chi connectivity index (χ2n) is 6.87. The number of carbonyl (C=O) groups is 3. The van der Waals surface area contributed by atoms with Gasteiger partial charge in [-0.2, -0.15) is 0 Å². The maximum Gasteiger partial charge on any atom is 0.410 e. The van der Waals surface area contributed by atoms with Gasteiger partial charge in [-0.05, 0) is 20.8 Å². The zero-order chi connectivity index (χ0) is 15.8. The van der Waals surface area contributed by atoms with Crippen molar-refractivity contribution < 1.29 is 23.9 Å². The number of hydrogen-bond acceptors (Lipinski definition) is 5. The Labute approximate surface area is 124 Å². The van der Waals surface area contributed by atoms with Crippen LogP contribution in [0.2, 0.25) is 0 Å². The highest BCUT2D eigenvalue weighted by Crippen LogP contribution is 2.40. The molecule has 2 rings (SSSR count). The zero-order valence-electron chi connectivity index (χ0n) is 13.0. The van der Waals surface area contributed by atoms with Crippen LogP contribution in [0.3, 0.4) is 0 Å². The van der Waals surface area contributed by atoms with E-state index in [1.165, 1.54) is 6.92 Å². The Hall–Kier alpha value is -1.79. The van der Waals surface area contributed by atoms with Gasteiger partial charge in [0.1, 0.15) is 5.60 Å². The van der Waals surface area contributed by atoms with Gasteiger partial charge in [0, 0.05) is 38.5 Å². The molecule has 0 saturated carbocycles. The number of hydrogen-bond donors (Lipinski definition) is 0. The van der Waals surface area contributed by atoms with Crippen LogP contribution >= 0.6 is 0 Å². The summed E-state index contributed by atoms with van der Waals surface area (Å²) in [6, 6.07) is 0. The molecule has 0 aromatic heterocycles. The van der Waals surface area contributed by atoms with Crippen LogP contribution < -0.4 is 0 Å². The first-order valence-corrected chi connectivity index (χ1v) is 6.99. The predicted octanol–water partition coefficient (Wildman–Crippen LogP) is 0.629. The summed E-state index contributed by atoms with van der Waals surface area (Å²) in [7, 11) is 0. The lowest BCUT2D eigenvalue weighted by atomic mass is 9.73. The quantitative estimate of drug-likeness (QED) is 0.699. The first-order valence-electron chi connectivity index (χ1n) is 6.99. The van der Waals surface area contributed by atoms with Crippen LogP contribution in [0.25, 0.3) is 0 Å². The Kier molecular flexibility index (Phi) is 3.86. The maximum absolute atomic E-state index is 11.8. The van der Waals surface area contributed by atoms with Crippen molar-refractivity contribution in [3.05, 3.63) is 0 Å². The minimum atomic E-state index is -0.495. The molecule has 118 valence electrons.